The van der Waals surface area contributed by atoms with Crippen LogP contribution in [0.3, 0.4) is 0 Å². The summed E-state index contributed by atoms with van der Waals surface area (Å²) in [5, 5.41) is 4.28. The molecular weight excluding hydrogens is 274 g/mol. The number of hydrogen-bond donors (Lipinski definition) is 2. The van der Waals surface area contributed by atoms with Crippen LogP contribution >= 0.6 is 0 Å². The first-order valence-corrected chi connectivity index (χ1v) is 8.22. The van der Waals surface area contributed by atoms with Gasteiger partial charge in [0, 0.05) is 23.6 Å². The Hall–Kier alpha value is -1.81. The van der Waals surface area contributed by atoms with E-state index >= 15 is 0 Å². The molecule has 22 heavy (non-hydrogen) atoms. The van der Waals surface area contributed by atoms with Crippen LogP contribution in [0, 0.1) is 5.92 Å². The van der Waals surface area contributed by atoms with Gasteiger partial charge in [-0.3, -0.25) is 9.69 Å². The number of piperidine rings is 1. The Kier molecular flexibility index (Phi) is 4.48. The number of likely N-dealkylation sites (tertiary alicyclic amines) is 1. The molecule has 4 heteroatoms. The number of H-pyrrole nitrogens is 1. The highest BCUT2D eigenvalue weighted by molar-refractivity contribution is 5.84. The number of aromatic nitrogens is 1. The fourth-order valence-corrected chi connectivity index (χ4v) is 3.22. The van der Waals surface area contributed by atoms with Crippen LogP contribution < -0.4 is 5.32 Å². The minimum absolute atomic E-state index is 0.0436. The molecule has 0 aliphatic carbocycles. The number of hydrogen-bond acceptors (Lipinski definition) is 2. The number of amides is 1. The van der Waals surface area contributed by atoms with Gasteiger partial charge in [0.15, 0.2) is 0 Å². The second kappa shape index (κ2) is 6.53. The highest BCUT2D eigenvalue weighted by Crippen LogP contribution is 2.19. The predicted molar refractivity (Wildman–Crippen MR) is 89.6 cm³/mol. The first-order valence-electron chi connectivity index (χ1n) is 8.22. The van der Waals surface area contributed by atoms with Crippen LogP contribution in [0.15, 0.2) is 30.5 Å². The van der Waals surface area contributed by atoms with Crippen molar-refractivity contribution >= 4 is 16.8 Å². The lowest BCUT2D eigenvalue weighted by atomic mass is 9.98. The van der Waals surface area contributed by atoms with Crippen molar-refractivity contribution < 1.29 is 4.79 Å². The van der Waals surface area contributed by atoms with Crippen LogP contribution in [0.2, 0.25) is 0 Å². The molecule has 1 aliphatic rings. The summed E-state index contributed by atoms with van der Waals surface area (Å²) in [6, 6.07) is 8.17. The van der Waals surface area contributed by atoms with Crippen LogP contribution in [-0.2, 0) is 11.3 Å². The van der Waals surface area contributed by atoms with E-state index in [0.29, 0.717) is 6.54 Å². The third-order valence-corrected chi connectivity index (χ3v) is 4.88. The van der Waals surface area contributed by atoms with E-state index in [1.54, 1.807) is 0 Å². The summed E-state index contributed by atoms with van der Waals surface area (Å²) in [6.07, 6.45) is 4.33. The van der Waals surface area contributed by atoms with Gasteiger partial charge in [0.1, 0.15) is 0 Å². The minimum atomic E-state index is -0.0436. The molecule has 1 aromatic heterocycles. The van der Waals surface area contributed by atoms with Gasteiger partial charge >= 0.3 is 0 Å². The maximum atomic E-state index is 12.4. The Bertz CT molecular complexity index is 641. The molecule has 1 fully saturated rings. The molecule has 4 nitrogen and oxygen atoms in total. The van der Waals surface area contributed by atoms with Gasteiger partial charge in [0.2, 0.25) is 5.91 Å². The maximum Gasteiger partial charge on any atom is 0.237 e. The average molecular weight is 299 g/mol. The summed E-state index contributed by atoms with van der Waals surface area (Å²) in [4.78, 5) is 17.9. The highest BCUT2D eigenvalue weighted by atomic mass is 16.2. The van der Waals surface area contributed by atoms with Gasteiger partial charge in [0.05, 0.1) is 6.04 Å². The van der Waals surface area contributed by atoms with Gasteiger partial charge in [-0.25, -0.2) is 0 Å². The number of carbonyl (C=O) groups is 1. The van der Waals surface area contributed by atoms with Crippen molar-refractivity contribution in [2.45, 2.75) is 39.3 Å². The molecular formula is C18H25N3O. The van der Waals surface area contributed by atoms with Crippen molar-refractivity contribution in [1.29, 1.82) is 0 Å². The molecule has 1 aromatic carbocycles. The van der Waals surface area contributed by atoms with Crippen molar-refractivity contribution in [3.63, 3.8) is 0 Å². The smallest absolute Gasteiger partial charge is 0.237 e. The maximum absolute atomic E-state index is 12.4. The first kappa shape index (κ1) is 15.1. The number of benzene rings is 1. The lowest BCUT2D eigenvalue weighted by Gasteiger charge is -2.34. The van der Waals surface area contributed by atoms with E-state index in [4.69, 9.17) is 0 Å². The summed E-state index contributed by atoms with van der Waals surface area (Å²) < 4.78 is 0. The highest BCUT2D eigenvalue weighted by Gasteiger charge is 2.24. The Labute approximate surface area is 131 Å². The monoisotopic (exact) mass is 299 g/mol. The molecule has 1 amide bonds. The van der Waals surface area contributed by atoms with Gasteiger partial charge in [-0.2, -0.15) is 0 Å². The van der Waals surface area contributed by atoms with E-state index in [1.807, 2.05) is 19.2 Å². The summed E-state index contributed by atoms with van der Waals surface area (Å²) in [5.74, 6) is 0.916. The van der Waals surface area contributed by atoms with E-state index in [0.717, 1.165) is 30.1 Å². The predicted octanol–water partition coefficient (Wildman–Crippen LogP) is 2.90. The van der Waals surface area contributed by atoms with Crippen molar-refractivity contribution in [1.82, 2.24) is 15.2 Å². The lowest BCUT2D eigenvalue weighted by molar-refractivity contribution is -0.126. The number of aromatic amines is 1. The van der Waals surface area contributed by atoms with Gasteiger partial charge in [-0.05, 0) is 56.5 Å². The van der Waals surface area contributed by atoms with Crippen molar-refractivity contribution in [3.05, 3.63) is 36.0 Å². The molecule has 0 saturated carbocycles. The average Bonchev–Trinajstić information content (AvgIpc) is 3.01. The number of carbonyl (C=O) groups excluding carboxylic acids is 1. The summed E-state index contributed by atoms with van der Waals surface area (Å²) in [5.41, 5.74) is 2.27. The van der Waals surface area contributed by atoms with Crippen LogP contribution in [0.5, 0.6) is 0 Å². The number of rotatable bonds is 4. The Morgan fingerprint density at radius 1 is 1.36 bits per heavy atom. The second-order valence-corrected chi connectivity index (χ2v) is 6.47. The van der Waals surface area contributed by atoms with Crippen LogP contribution in [-0.4, -0.2) is 34.9 Å². The van der Waals surface area contributed by atoms with Gasteiger partial charge in [-0.1, -0.05) is 19.1 Å². The fraction of sp³-hybridized carbons (Fsp3) is 0.500. The molecule has 1 saturated heterocycles. The molecule has 3 rings (SSSR count). The quantitative estimate of drug-likeness (QED) is 0.912. The standard InChI is InChI=1S/C18H25N3O/c1-13-7-10-21(11-8-13)14(2)18(22)20-12-15-4-3-5-17-16(15)6-9-19-17/h3-6,9,13-14,19H,7-8,10-12H2,1-2H3,(H,20,22)/t14-/m0/s1. The van der Waals surface area contributed by atoms with Crippen molar-refractivity contribution in [2.75, 3.05) is 13.1 Å². The summed E-state index contributed by atoms with van der Waals surface area (Å²) in [6.45, 7) is 6.96. The Morgan fingerprint density at radius 2 is 2.14 bits per heavy atom. The molecule has 2 N–H and O–H groups in total. The first-order chi connectivity index (χ1) is 10.6. The van der Waals surface area contributed by atoms with E-state index in [9.17, 15) is 4.79 Å². The zero-order chi connectivity index (χ0) is 15.5. The van der Waals surface area contributed by atoms with Gasteiger partial charge < -0.3 is 10.3 Å². The van der Waals surface area contributed by atoms with Crippen LogP contribution in [0.25, 0.3) is 10.9 Å². The molecule has 0 unspecified atom stereocenters. The molecule has 118 valence electrons. The molecule has 1 atom stereocenters. The fourth-order valence-electron chi connectivity index (χ4n) is 3.22. The topological polar surface area (TPSA) is 48.1 Å². The van der Waals surface area contributed by atoms with Crippen LogP contribution in [0.4, 0.5) is 0 Å². The number of nitrogens with zero attached hydrogens (tertiary/aromatic N) is 1. The van der Waals surface area contributed by atoms with Crippen molar-refractivity contribution in [2.24, 2.45) is 5.92 Å². The molecule has 0 bridgehead atoms. The molecule has 2 aromatic rings. The second-order valence-electron chi connectivity index (χ2n) is 6.47. The summed E-state index contributed by atoms with van der Waals surface area (Å²) >= 11 is 0. The van der Waals surface area contributed by atoms with Crippen molar-refractivity contribution in [3.8, 4) is 0 Å². The Morgan fingerprint density at radius 3 is 2.91 bits per heavy atom. The normalized spacial score (nSPS) is 18.5. The number of fused-ring (bicyclic) bond motifs is 1. The van der Waals surface area contributed by atoms with E-state index < -0.39 is 0 Å². The number of nitrogens with one attached hydrogen (secondary N) is 2. The third-order valence-electron chi connectivity index (χ3n) is 4.88. The van der Waals surface area contributed by atoms with E-state index in [-0.39, 0.29) is 11.9 Å². The van der Waals surface area contributed by atoms with E-state index in [1.165, 1.54) is 18.2 Å². The minimum Gasteiger partial charge on any atom is -0.361 e. The third kappa shape index (κ3) is 3.17. The van der Waals surface area contributed by atoms with Gasteiger partial charge in [-0.15, -0.1) is 0 Å². The molecule has 2 heterocycles. The molecule has 0 spiro atoms. The zero-order valence-corrected chi connectivity index (χ0v) is 13.4. The van der Waals surface area contributed by atoms with Crippen LogP contribution in [0.1, 0.15) is 32.3 Å². The molecule has 0 radical (unpaired) electrons. The largest absolute Gasteiger partial charge is 0.361 e. The van der Waals surface area contributed by atoms with Gasteiger partial charge in [0.25, 0.3) is 0 Å². The molecule has 1 aliphatic heterocycles. The Balaban J connectivity index is 1.59. The van der Waals surface area contributed by atoms with E-state index in [2.05, 4.69) is 40.3 Å². The SMILES string of the molecule is CC1CCN([C@@H](C)C(=O)NCc2cccc3[nH]ccc23)CC1. The lowest BCUT2D eigenvalue weighted by Crippen LogP contribution is -2.47. The summed E-state index contributed by atoms with van der Waals surface area (Å²) in [7, 11) is 0. The zero-order valence-electron chi connectivity index (χ0n) is 13.4.